The van der Waals surface area contributed by atoms with Gasteiger partial charge in [-0.1, -0.05) is 23.7 Å². The number of nitrogens with two attached hydrogens (primary N) is 1. The van der Waals surface area contributed by atoms with E-state index in [0.29, 0.717) is 29.0 Å². The number of benzene rings is 1. The highest BCUT2D eigenvalue weighted by atomic mass is 35.5. The van der Waals surface area contributed by atoms with Crippen LogP contribution in [0.25, 0.3) is 0 Å². The van der Waals surface area contributed by atoms with E-state index in [1.165, 1.54) is 0 Å². The topological polar surface area (TPSA) is 74.2 Å². The number of halogens is 1. The summed E-state index contributed by atoms with van der Waals surface area (Å²) in [5.74, 6) is 1.82. The lowest BCUT2D eigenvalue weighted by Crippen LogP contribution is -2.10. The van der Waals surface area contributed by atoms with Crippen molar-refractivity contribution in [2.24, 2.45) is 5.73 Å². The summed E-state index contributed by atoms with van der Waals surface area (Å²) >= 11 is 5.77. The van der Waals surface area contributed by atoms with Gasteiger partial charge < -0.3 is 15.0 Å². The predicted octanol–water partition coefficient (Wildman–Crippen LogP) is 2.36. The molecular weight excluding hydrogens is 254 g/mol. The van der Waals surface area contributed by atoms with Crippen LogP contribution in [0.15, 0.2) is 28.8 Å². The standard InChI is InChI=1S/C12H14ClN3O2/c1-8(6-14)12-15-11(18-16-12)7-17-10-4-2-9(13)3-5-10/h2-5,8H,6-7,14H2,1H3. The van der Waals surface area contributed by atoms with Crippen molar-refractivity contribution < 1.29 is 9.26 Å². The van der Waals surface area contributed by atoms with E-state index in [4.69, 9.17) is 26.6 Å². The van der Waals surface area contributed by atoms with Gasteiger partial charge in [0.1, 0.15) is 5.75 Å². The van der Waals surface area contributed by atoms with Crippen molar-refractivity contribution in [2.75, 3.05) is 6.54 Å². The lowest BCUT2D eigenvalue weighted by atomic mass is 10.2. The highest BCUT2D eigenvalue weighted by Crippen LogP contribution is 2.17. The van der Waals surface area contributed by atoms with E-state index in [9.17, 15) is 0 Å². The van der Waals surface area contributed by atoms with Crippen LogP contribution in [0.3, 0.4) is 0 Å². The molecule has 0 radical (unpaired) electrons. The van der Waals surface area contributed by atoms with Crippen molar-refractivity contribution in [3.63, 3.8) is 0 Å². The molecule has 6 heteroatoms. The van der Waals surface area contributed by atoms with Crippen molar-refractivity contribution in [2.45, 2.75) is 19.4 Å². The summed E-state index contributed by atoms with van der Waals surface area (Å²) in [6.07, 6.45) is 0. The molecule has 5 nitrogen and oxygen atoms in total. The van der Waals surface area contributed by atoms with Gasteiger partial charge in [-0.2, -0.15) is 4.98 Å². The summed E-state index contributed by atoms with van der Waals surface area (Å²) < 4.78 is 10.6. The van der Waals surface area contributed by atoms with Gasteiger partial charge in [-0.3, -0.25) is 0 Å². The Labute approximate surface area is 110 Å². The number of nitrogens with zero attached hydrogens (tertiary/aromatic N) is 2. The quantitative estimate of drug-likeness (QED) is 0.900. The van der Waals surface area contributed by atoms with E-state index in [-0.39, 0.29) is 12.5 Å². The molecule has 1 aromatic heterocycles. The molecule has 2 aromatic rings. The van der Waals surface area contributed by atoms with Crippen LogP contribution in [0.5, 0.6) is 5.75 Å². The van der Waals surface area contributed by atoms with Gasteiger partial charge >= 0.3 is 0 Å². The molecule has 2 N–H and O–H groups in total. The van der Waals surface area contributed by atoms with Crippen LogP contribution in [-0.2, 0) is 6.61 Å². The van der Waals surface area contributed by atoms with Gasteiger partial charge in [0.05, 0.1) is 0 Å². The van der Waals surface area contributed by atoms with Crippen LogP contribution in [0.1, 0.15) is 24.6 Å². The van der Waals surface area contributed by atoms with Gasteiger partial charge in [0, 0.05) is 17.5 Å². The number of aromatic nitrogens is 2. The molecule has 0 fully saturated rings. The molecule has 1 aromatic carbocycles. The molecule has 0 amide bonds. The fourth-order valence-electron chi connectivity index (χ4n) is 1.31. The molecule has 0 aliphatic carbocycles. The summed E-state index contributed by atoms with van der Waals surface area (Å²) in [5.41, 5.74) is 5.53. The highest BCUT2D eigenvalue weighted by molar-refractivity contribution is 6.30. The third-order valence-corrected chi connectivity index (χ3v) is 2.71. The number of rotatable bonds is 5. The number of hydrogen-bond acceptors (Lipinski definition) is 5. The molecule has 0 spiro atoms. The maximum absolute atomic E-state index is 5.77. The van der Waals surface area contributed by atoms with Crippen molar-refractivity contribution in [3.8, 4) is 5.75 Å². The Hall–Kier alpha value is -1.59. The van der Waals surface area contributed by atoms with Gasteiger partial charge in [0.25, 0.3) is 5.89 Å². The monoisotopic (exact) mass is 267 g/mol. The normalized spacial score (nSPS) is 12.4. The Balaban J connectivity index is 1.94. The van der Waals surface area contributed by atoms with Crippen molar-refractivity contribution in [1.82, 2.24) is 10.1 Å². The van der Waals surface area contributed by atoms with Gasteiger partial charge in [-0.15, -0.1) is 0 Å². The predicted molar refractivity (Wildman–Crippen MR) is 67.6 cm³/mol. The summed E-state index contributed by atoms with van der Waals surface area (Å²) in [7, 11) is 0. The Kier molecular flexibility index (Phi) is 4.17. The average molecular weight is 268 g/mol. The molecule has 0 bridgehead atoms. The fraction of sp³-hybridized carbons (Fsp3) is 0.333. The molecular formula is C12H14ClN3O2. The number of hydrogen-bond donors (Lipinski definition) is 1. The smallest absolute Gasteiger partial charge is 0.264 e. The van der Waals surface area contributed by atoms with Crippen LogP contribution >= 0.6 is 11.6 Å². The first-order valence-corrected chi connectivity index (χ1v) is 5.97. The summed E-state index contributed by atoms with van der Waals surface area (Å²) in [6.45, 7) is 2.65. The first-order chi connectivity index (χ1) is 8.69. The molecule has 0 aliphatic rings. The molecule has 18 heavy (non-hydrogen) atoms. The third-order valence-electron chi connectivity index (χ3n) is 2.45. The second kappa shape index (κ2) is 5.84. The van der Waals surface area contributed by atoms with Crippen LogP contribution in [0.2, 0.25) is 5.02 Å². The van der Waals surface area contributed by atoms with Crippen molar-refractivity contribution in [3.05, 3.63) is 41.0 Å². The zero-order valence-corrected chi connectivity index (χ0v) is 10.7. The molecule has 2 rings (SSSR count). The fourth-order valence-corrected chi connectivity index (χ4v) is 1.43. The SMILES string of the molecule is CC(CN)c1noc(COc2ccc(Cl)cc2)n1. The van der Waals surface area contributed by atoms with Crippen molar-refractivity contribution in [1.29, 1.82) is 0 Å². The molecule has 0 saturated heterocycles. The highest BCUT2D eigenvalue weighted by Gasteiger charge is 2.12. The summed E-state index contributed by atoms with van der Waals surface area (Å²) in [4.78, 5) is 4.20. The zero-order chi connectivity index (χ0) is 13.0. The Morgan fingerprint density at radius 2 is 2.11 bits per heavy atom. The minimum absolute atomic E-state index is 0.0815. The first-order valence-electron chi connectivity index (χ1n) is 5.60. The average Bonchev–Trinajstić information content (AvgIpc) is 2.86. The van der Waals surface area contributed by atoms with Gasteiger partial charge in [0.2, 0.25) is 0 Å². The molecule has 1 heterocycles. The van der Waals surface area contributed by atoms with Crippen LogP contribution in [-0.4, -0.2) is 16.7 Å². The third kappa shape index (κ3) is 3.21. The second-order valence-electron chi connectivity index (χ2n) is 3.93. The summed E-state index contributed by atoms with van der Waals surface area (Å²) in [5, 5.41) is 4.51. The number of ether oxygens (including phenoxy) is 1. The van der Waals surface area contributed by atoms with E-state index in [1.54, 1.807) is 24.3 Å². The minimum atomic E-state index is 0.0815. The summed E-state index contributed by atoms with van der Waals surface area (Å²) in [6, 6.07) is 7.07. The minimum Gasteiger partial charge on any atom is -0.484 e. The van der Waals surface area contributed by atoms with E-state index in [2.05, 4.69) is 10.1 Å². The van der Waals surface area contributed by atoms with Crippen LogP contribution in [0, 0.1) is 0 Å². The van der Waals surface area contributed by atoms with E-state index in [1.807, 2.05) is 6.92 Å². The Bertz CT molecular complexity index is 498. The van der Waals surface area contributed by atoms with Gasteiger partial charge in [0.15, 0.2) is 12.4 Å². The van der Waals surface area contributed by atoms with Crippen LogP contribution in [0.4, 0.5) is 0 Å². The first kappa shape index (κ1) is 12.9. The molecule has 1 atom stereocenters. The van der Waals surface area contributed by atoms with Gasteiger partial charge in [-0.05, 0) is 24.3 Å². The van der Waals surface area contributed by atoms with E-state index in [0.717, 1.165) is 0 Å². The van der Waals surface area contributed by atoms with Crippen molar-refractivity contribution >= 4 is 11.6 Å². The zero-order valence-electron chi connectivity index (χ0n) is 9.97. The lowest BCUT2D eigenvalue weighted by Gasteiger charge is -2.02. The van der Waals surface area contributed by atoms with Gasteiger partial charge in [-0.25, -0.2) is 0 Å². The largest absolute Gasteiger partial charge is 0.484 e. The molecule has 0 aliphatic heterocycles. The Morgan fingerprint density at radius 3 is 2.78 bits per heavy atom. The van der Waals surface area contributed by atoms with Crippen LogP contribution < -0.4 is 10.5 Å². The van der Waals surface area contributed by atoms with E-state index < -0.39 is 0 Å². The molecule has 0 saturated carbocycles. The maximum Gasteiger partial charge on any atom is 0.264 e. The second-order valence-corrected chi connectivity index (χ2v) is 4.36. The molecule has 96 valence electrons. The maximum atomic E-state index is 5.77. The lowest BCUT2D eigenvalue weighted by molar-refractivity contribution is 0.242. The molecule has 1 unspecified atom stereocenters. The van der Waals surface area contributed by atoms with E-state index >= 15 is 0 Å². The Morgan fingerprint density at radius 1 is 1.39 bits per heavy atom.